The minimum absolute atomic E-state index is 0.0155. The molecule has 1 aliphatic heterocycles. The summed E-state index contributed by atoms with van der Waals surface area (Å²) >= 11 is 12.0. The van der Waals surface area contributed by atoms with Crippen LogP contribution in [0.25, 0.3) is 0 Å². The van der Waals surface area contributed by atoms with E-state index in [-0.39, 0.29) is 11.8 Å². The highest BCUT2D eigenvalue weighted by molar-refractivity contribution is 6.35. The summed E-state index contributed by atoms with van der Waals surface area (Å²) in [6.45, 7) is 3.78. The molecule has 0 radical (unpaired) electrons. The molecule has 0 bridgehead atoms. The van der Waals surface area contributed by atoms with E-state index in [1.165, 1.54) is 0 Å². The number of carbonyl (C=O) groups is 2. The van der Waals surface area contributed by atoms with Crippen LogP contribution >= 0.6 is 23.2 Å². The standard InChI is InChI=1S/C20H20Cl2N2O2/c1-13-8-10-24(11-9-13)20(26)15-4-2-14(3-5-15)19(25)23-18-12-16(21)6-7-17(18)22/h2-7,12-13H,8-11H2,1H3,(H,23,25). The molecule has 2 aromatic rings. The van der Waals surface area contributed by atoms with Gasteiger partial charge in [0.15, 0.2) is 0 Å². The second-order valence-electron chi connectivity index (χ2n) is 6.63. The third-order valence-electron chi connectivity index (χ3n) is 4.64. The Kier molecular flexibility index (Phi) is 5.84. The topological polar surface area (TPSA) is 49.4 Å². The number of likely N-dealkylation sites (tertiary alicyclic amines) is 1. The molecule has 0 unspecified atom stereocenters. The molecule has 6 heteroatoms. The number of piperidine rings is 1. The van der Waals surface area contributed by atoms with E-state index in [1.54, 1.807) is 42.5 Å². The maximum Gasteiger partial charge on any atom is 0.255 e. The van der Waals surface area contributed by atoms with Crippen LogP contribution in [0.4, 0.5) is 5.69 Å². The molecule has 0 spiro atoms. The van der Waals surface area contributed by atoms with Crippen molar-refractivity contribution in [2.45, 2.75) is 19.8 Å². The van der Waals surface area contributed by atoms with E-state index in [0.717, 1.165) is 25.9 Å². The van der Waals surface area contributed by atoms with Gasteiger partial charge in [0.05, 0.1) is 10.7 Å². The number of rotatable bonds is 3. The minimum atomic E-state index is -0.306. The number of carbonyl (C=O) groups excluding carboxylic acids is 2. The summed E-state index contributed by atoms with van der Waals surface area (Å²) in [7, 11) is 0. The summed E-state index contributed by atoms with van der Waals surface area (Å²) < 4.78 is 0. The molecule has 1 fully saturated rings. The first kappa shape index (κ1) is 18.7. The van der Waals surface area contributed by atoms with E-state index in [0.29, 0.717) is 32.8 Å². The quantitative estimate of drug-likeness (QED) is 0.790. The molecule has 2 amide bonds. The Hall–Kier alpha value is -2.04. The Bertz CT molecular complexity index is 813. The van der Waals surface area contributed by atoms with Crippen molar-refractivity contribution in [2.24, 2.45) is 5.92 Å². The number of amides is 2. The molecular formula is C20H20Cl2N2O2. The van der Waals surface area contributed by atoms with Gasteiger partial charge in [0.1, 0.15) is 0 Å². The fourth-order valence-electron chi connectivity index (χ4n) is 2.95. The molecule has 1 aliphatic rings. The monoisotopic (exact) mass is 390 g/mol. The normalized spacial score (nSPS) is 15.0. The number of hydrogen-bond donors (Lipinski definition) is 1. The second-order valence-corrected chi connectivity index (χ2v) is 7.47. The Morgan fingerprint density at radius 3 is 2.27 bits per heavy atom. The Labute approximate surface area is 163 Å². The van der Waals surface area contributed by atoms with Crippen molar-refractivity contribution in [1.82, 2.24) is 4.90 Å². The van der Waals surface area contributed by atoms with Crippen LogP contribution < -0.4 is 5.32 Å². The predicted molar refractivity (Wildman–Crippen MR) is 105 cm³/mol. The first-order valence-electron chi connectivity index (χ1n) is 8.60. The van der Waals surface area contributed by atoms with Crippen LogP contribution in [0.15, 0.2) is 42.5 Å². The molecule has 4 nitrogen and oxygen atoms in total. The van der Waals surface area contributed by atoms with E-state index < -0.39 is 0 Å². The van der Waals surface area contributed by atoms with Gasteiger partial charge in [-0.15, -0.1) is 0 Å². The van der Waals surface area contributed by atoms with Crippen molar-refractivity contribution in [2.75, 3.05) is 18.4 Å². The third-order valence-corrected chi connectivity index (χ3v) is 5.21. The fourth-order valence-corrected chi connectivity index (χ4v) is 3.28. The van der Waals surface area contributed by atoms with Crippen LogP contribution in [0, 0.1) is 5.92 Å². The summed E-state index contributed by atoms with van der Waals surface area (Å²) in [6, 6.07) is 11.5. The molecule has 136 valence electrons. The Morgan fingerprint density at radius 2 is 1.62 bits per heavy atom. The third kappa shape index (κ3) is 4.37. The number of hydrogen-bond acceptors (Lipinski definition) is 2. The maximum atomic E-state index is 12.6. The van der Waals surface area contributed by atoms with E-state index in [1.807, 2.05) is 4.90 Å². The second kappa shape index (κ2) is 8.11. The van der Waals surface area contributed by atoms with Gasteiger partial charge >= 0.3 is 0 Å². The smallest absolute Gasteiger partial charge is 0.255 e. The zero-order chi connectivity index (χ0) is 18.7. The van der Waals surface area contributed by atoms with Crippen LogP contribution in [0.3, 0.4) is 0 Å². The van der Waals surface area contributed by atoms with Gasteiger partial charge in [-0.05, 0) is 61.2 Å². The summed E-state index contributed by atoms with van der Waals surface area (Å²) in [5.41, 5.74) is 1.49. The highest BCUT2D eigenvalue weighted by Crippen LogP contribution is 2.26. The first-order valence-corrected chi connectivity index (χ1v) is 9.35. The highest BCUT2D eigenvalue weighted by Gasteiger charge is 2.21. The van der Waals surface area contributed by atoms with E-state index in [9.17, 15) is 9.59 Å². The van der Waals surface area contributed by atoms with Gasteiger partial charge in [-0.25, -0.2) is 0 Å². The van der Waals surface area contributed by atoms with Gasteiger partial charge in [-0.3, -0.25) is 9.59 Å². The zero-order valence-electron chi connectivity index (χ0n) is 14.5. The molecule has 0 saturated carbocycles. The molecule has 0 atom stereocenters. The SMILES string of the molecule is CC1CCN(C(=O)c2ccc(C(=O)Nc3cc(Cl)ccc3Cl)cc2)CC1. The number of halogens is 2. The summed E-state index contributed by atoms with van der Waals surface area (Å²) in [6.07, 6.45) is 2.07. The summed E-state index contributed by atoms with van der Waals surface area (Å²) in [5, 5.41) is 3.63. The number of nitrogens with one attached hydrogen (secondary N) is 1. The van der Waals surface area contributed by atoms with Crippen molar-refractivity contribution in [3.8, 4) is 0 Å². The van der Waals surface area contributed by atoms with E-state index in [2.05, 4.69) is 12.2 Å². The highest BCUT2D eigenvalue weighted by atomic mass is 35.5. The lowest BCUT2D eigenvalue weighted by Crippen LogP contribution is -2.37. The predicted octanol–water partition coefficient (Wildman–Crippen LogP) is 5.12. The minimum Gasteiger partial charge on any atom is -0.339 e. The Morgan fingerprint density at radius 1 is 1.00 bits per heavy atom. The van der Waals surface area contributed by atoms with Crippen molar-refractivity contribution in [3.05, 3.63) is 63.6 Å². The maximum absolute atomic E-state index is 12.6. The number of nitrogens with zero attached hydrogens (tertiary/aromatic N) is 1. The molecule has 26 heavy (non-hydrogen) atoms. The van der Waals surface area contributed by atoms with Gasteiger partial charge in [-0.2, -0.15) is 0 Å². The van der Waals surface area contributed by atoms with Crippen LogP contribution in [-0.2, 0) is 0 Å². The molecule has 0 aromatic heterocycles. The number of anilines is 1. The van der Waals surface area contributed by atoms with Gasteiger partial charge < -0.3 is 10.2 Å². The van der Waals surface area contributed by atoms with Crippen molar-refractivity contribution < 1.29 is 9.59 Å². The first-order chi connectivity index (χ1) is 12.4. The van der Waals surface area contributed by atoms with E-state index >= 15 is 0 Å². The van der Waals surface area contributed by atoms with Crippen molar-refractivity contribution in [3.63, 3.8) is 0 Å². The lowest BCUT2D eigenvalue weighted by atomic mass is 9.98. The average molecular weight is 391 g/mol. The van der Waals surface area contributed by atoms with Crippen LogP contribution in [-0.4, -0.2) is 29.8 Å². The summed E-state index contributed by atoms with van der Waals surface area (Å²) in [4.78, 5) is 26.8. The van der Waals surface area contributed by atoms with Gasteiger partial charge in [0.2, 0.25) is 0 Å². The van der Waals surface area contributed by atoms with Gasteiger partial charge in [0, 0.05) is 29.2 Å². The molecule has 1 N–H and O–H groups in total. The summed E-state index contributed by atoms with van der Waals surface area (Å²) in [5.74, 6) is 0.380. The van der Waals surface area contributed by atoms with Gasteiger partial charge in [0.25, 0.3) is 11.8 Å². The van der Waals surface area contributed by atoms with Crippen LogP contribution in [0.5, 0.6) is 0 Å². The zero-order valence-corrected chi connectivity index (χ0v) is 16.0. The van der Waals surface area contributed by atoms with Crippen molar-refractivity contribution in [1.29, 1.82) is 0 Å². The lowest BCUT2D eigenvalue weighted by molar-refractivity contribution is 0.0697. The van der Waals surface area contributed by atoms with E-state index in [4.69, 9.17) is 23.2 Å². The molecule has 1 saturated heterocycles. The molecule has 0 aliphatic carbocycles. The molecule has 2 aromatic carbocycles. The molecular weight excluding hydrogens is 371 g/mol. The van der Waals surface area contributed by atoms with Gasteiger partial charge in [-0.1, -0.05) is 30.1 Å². The Balaban J connectivity index is 1.68. The molecule has 1 heterocycles. The van der Waals surface area contributed by atoms with Crippen LogP contribution in [0.1, 0.15) is 40.5 Å². The molecule has 3 rings (SSSR count). The van der Waals surface area contributed by atoms with Crippen molar-refractivity contribution >= 4 is 40.7 Å². The largest absolute Gasteiger partial charge is 0.339 e. The fraction of sp³-hybridized carbons (Fsp3) is 0.300. The number of benzene rings is 2. The lowest BCUT2D eigenvalue weighted by Gasteiger charge is -2.30. The van der Waals surface area contributed by atoms with Crippen LogP contribution in [0.2, 0.25) is 10.0 Å². The average Bonchev–Trinajstić information content (AvgIpc) is 2.65.